The summed E-state index contributed by atoms with van der Waals surface area (Å²) in [5.74, 6) is 2.28. The van der Waals surface area contributed by atoms with Crippen LogP contribution < -0.4 is 4.90 Å². The van der Waals surface area contributed by atoms with Crippen molar-refractivity contribution in [2.24, 2.45) is 5.41 Å². The van der Waals surface area contributed by atoms with Crippen LogP contribution in [-0.2, 0) is 6.42 Å². The molecule has 0 unspecified atom stereocenters. The summed E-state index contributed by atoms with van der Waals surface area (Å²) >= 11 is 0. The number of hydrogen-bond donors (Lipinski definition) is 0. The predicted molar refractivity (Wildman–Crippen MR) is 114 cm³/mol. The molecule has 6 heteroatoms. The van der Waals surface area contributed by atoms with Crippen LogP contribution in [0.4, 0.5) is 5.82 Å². The van der Waals surface area contributed by atoms with Crippen LogP contribution >= 0.6 is 0 Å². The lowest BCUT2D eigenvalue weighted by Crippen LogP contribution is -2.50. The van der Waals surface area contributed by atoms with Gasteiger partial charge >= 0.3 is 0 Å². The summed E-state index contributed by atoms with van der Waals surface area (Å²) in [5, 5.41) is 0. The average molecular weight is 392 g/mol. The van der Waals surface area contributed by atoms with E-state index in [1.165, 1.54) is 31.4 Å². The highest BCUT2D eigenvalue weighted by molar-refractivity contribution is 5.81. The minimum Gasteiger partial charge on any atom is -0.422 e. The van der Waals surface area contributed by atoms with E-state index in [1.807, 2.05) is 6.92 Å². The van der Waals surface area contributed by atoms with Gasteiger partial charge in [0.05, 0.1) is 0 Å². The van der Waals surface area contributed by atoms with Gasteiger partial charge in [0.15, 0.2) is 17.2 Å². The van der Waals surface area contributed by atoms with Crippen molar-refractivity contribution < 1.29 is 4.42 Å². The standard InChI is InChI=1S/C23H29N5O/c1-3-19-26-20-21(24-16-25-22(20)29-19)28-11-9-23(10-12-28)13-18(14-27(2)15-23)17-7-5-4-6-8-17/h4-8,16,18H,3,9-15H2,1-2H3/t18-/m0/s1. The maximum Gasteiger partial charge on any atom is 0.252 e. The summed E-state index contributed by atoms with van der Waals surface area (Å²) in [6.07, 6.45) is 6.02. The Balaban J connectivity index is 1.35. The minimum absolute atomic E-state index is 0.383. The number of anilines is 1. The van der Waals surface area contributed by atoms with Gasteiger partial charge in [0, 0.05) is 32.6 Å². The van der Waals surface area contributed by atoms with Crippen molar-refractivity contribution in [3.8, 4) is 0 Å². The van der Waals surface area contributed by atoms with E-state index < -0.39 is 0 Å². The summed E-state index contributed by atoms with van der Waals surface area (Å²) in [4.78, 5) is 18.4. The molecule has 3 aromatic rings. The second-order valence-corrected chi connectivity index (χ2v) is 8.81. The topological polar surface area (TPSA) is 58.3 Å². The lowest BCUT2D eigenvalue weighted by atomic mass is 9.68. The lowest BCUT2D eigenvalue weighted by molar-refractivity contribution is 0.0671. The van der Waals surface area contributed by atoms with Crippen LogP contribution in [-0.4, -0.2) is 53.1 Å². The first kappa shape index (κ1) is 18.6. The number of fused-ring (bicyclic) bond motifs is 1. The Morgan fingerprint density at radius 3 is 2.69 bits per heavy atom. The number of aryl methyl sites for hydroxylation is 1. The van der Waals surface area contributed by atoms with Crippen LogP contribution in [0.2, 0.25) is 0 Å². The Kier molecular flexibility index (Phi) is 4.74. The van der Waals surface area contributed by atoms with Crippen LogP contribution in [0.1, 0.15) is 43.6 Å². The van der Waals surface area contributed by atoms with Crippen LogP contribution in [0.25, 0.3) is 11.2 Å². The Hall–Kier alpha value is -2.47. The molecule has 0 radical (unpaired) electrons. The van der Waals surface area contributed by atoms with Crippen LogP contribution in [0.3, 0.4) is 0 Å². The van der Waals surface area contributed by atoms with Crippen molar-refractivity contribution >= 4 is 17.0 Å². The quantitative estimate of drug-likeness (QED) is 0.675. The maximum absolute atomic E-state index is 5.74. The molecule has 0 saturated carbocycles. The first-order valence-corrected chi connectivity index (χ1v) is 10.7. The molecule has 0 N–H and O–H groups in total. The Bertz CT molecular complexity index is 977. The number of hydrogen-bond acceptors (Lipinski definition) is 6. The number of aromatic nitrogens is 3. The molecule has 2 aliphatic heterocycles. The summed E-state index contributed by atoms with van der Waals surface area (Å²) in [6.45, 7) is 6.41. The second-order valence-electron chi connectivity index (χ2n) is 8.81. The summed E-state index contributed by atoms with van der Waals surface area (Å²) < 4.78 is 5.74. The van der Waals surface area contributed by atoms with Crippen LogP contribution in [0.15, 0.2) is 41.1 Å². The third-order valence-electron chi connectivity index (χ3n) is 6.73. The highest BCUT2D eigenvalue weighted by Gasteiger charge is 2.41. The monoisotopic (exact) mass is 391 g/mol. The number of piperidine rings is 2. The molecule has 0 bridgehead atoms. The van der Waals surface area contributed by atoms with E-state index in [4.69, 9.17) is 4.42 Å². The van der Waals surface area contributed by atoms with Gasteiger partial charge in [-0.25, -0.2) is 9.97 Å². The fourth-order valence-corrected chi connectivity index (χ4v) is 5.34. The molecule has 5 rings (SSSR count). The van der Waals surface area contributed by atoms with Crippen molar-refractivity contribution in [1.82, 2.24) is 19.9 Å². The van der Waals surface area contributed by atoms with Gasteiger partial charge in [0.2, 0.25) is 0 Å². The predicted octanol–water partition coefficient (Wildman–Crippen LogP) is 3.89. The molecular weight excluding hydrogens is 362 g/mol. The smallest absolute Gasteiger partial charge is 0.252 e. The number of likely N-dealkylation sites (tertiary alicyclic amines) is 1. The lowest BCUT2D eigenvalue weighted by Gasteiger charge is -2.49. The molecule has 1 aromatic carbocycles. The SMILES string of the molecule is CCc1nc2c(N3CCC4(CC3)C[C@H](c3ccccc3)CN(C)C4)ncnc2o1. The number of rotatable bonds is 3. The van der Waals surface area contributed by atoms with E-state index in [0.29, 0.717) is 17.0 Å². The number of oxazole rings is 1. The van der Waals surface area contributed by atoms with Gasteiger partial charge in [-0.2, -0.15) is 4.98 Å². The minimum atomic E-state index is 0.383. The van der Waals surface area contributed by atoms with E-state index in [-0.39, 0.29) is 0 Å². The number of nitrogens with zero attached hydrogens (tertiary/aromatic N) is 5. The molecule has 0 amide bonds. The molecule has 2 saturated heterocycles. The second kappa shape index (κ2) is 7.41. The average Bonchev–Trinajstić information content (AvgIpc) is 3.18. The van der Waals surface area contributed by atoms with E-state index in [2.05, 4.69) is 62.1 Å². The van der Waals surface area contributed by atoms with Gasteiger partial charge < -0.3 is 14.2 Å². The third kappa shape index (κ3) is 3.50. The highest BCUT2D eigenvalue weighted by Crippen LogP contribution is 2.45. The van der Waals surface area contributed by atoms with Gasteiger partial charge in [0.1, 0.15) is 6.33 Å². The van der Waals surface area contributed by atoms with E-state index in [0.717, 1.165) is 43.3 Å². The van der Waals surface area contributed by atoms with Gasteiger partial charge in [-0.1, -0.05) is 37.3 Å². The molecule has 2 fully saturated rings. The van der Waals surface area contributed by atoms with Crippen molar-refractivity contribution in [2.75, 3.05) is 38.1 Å². The summed E-state index contributed by atoms with van der Waals surface area (Å²) in [5.41, 5.74) is 3.28. The molecule has 6 nitrogen and oxygen atoms in total. The molecule has 0 aliphatic carbocycles. The fraction of sp³-hybridized carbons (Fsp3) is 0.522. The highest BCUT2D eigenvalue weighted by atomic mass is 16.4. The molecule has 2 aromatic heterocycles. The zero-order chi connectivity index (χ0) is 19.8. The number of likely N-dealkylation sites (N-methyl/N-ethyl adjacent to an activating group) is 1. The van der Waals surface area contributed by atoms with Crippen LogP contribution in [0.5, 0.6) is 0 Å². The fourth-order valence-electron chi connectivity index (χ4n) is 5.34. The summed E-state index contributed by atoms with van der Waals surface area (Å²) in [7, 11) is 2.28. The van der Waals surface area contributed by atoms with Crippen molar-refractivity contribution in [3.63, 3.8) is 0 Å². The molecule has 152 valence electrons. The molecular formula is C23H29N5O. The Labute approximate surface area is 172 Å². The molecule has 4 heterocycles. The molecule has 29 heavy (non-hydrogen) atoms. The molecule has 2 aliphatic rings. The normalized spacial score (nSPS) is 22.4. The molecule has 1 spiro atoms. The Morgan fingerprint density at radius 2 is 1.93 bits per heavy atom. The first-order chi connectivity index (χ1) is 14.2. The van der Waals surface area contributed by atoms with E-state index >= 15 is 0 Å². The zero-order valence-corrected chi connectivity index (χ0v) is 17.3. The number of benzene rings is 1. The van der Waals surface area contributed by atoms with Gasteiger partial charge in [0.25, 0.3) is 5.71 Å². The van der Waals surface area contributed by atoms with Crippen molar-refractivity contribution in [1.29, 1.82) is 0 Å². The van der Waals surface area contributed by atoms with Gasteiger partial charge in [-0.15, -0.1) is 0 Å². The Morgan fingerprint density at radius 1 is 1.14 bits per heavy atom. The molecule has 1 atom stereocenters. The maximum atomic E-state index is 5.74. The summed E-state index contributed by atoms with van der Waals surface area (Å²) in [6, 6.07) is 11.0. The van der Waals surface area contributed by atoms with Crippen molar-refractivity contribution in [2.45, 2.75) is 38.5 Å². The van der Waals surface area contributed by atoms with Crippen LogP contribution in [0, 0.1) is 5.41 Å². The largest absolute Gasteiger partial charge is 0.422 e. The van der Waals surface area contributed by atoms with E-state index in [1.54, 1.807) is 6.33 Å². The van der Waals surface area contributed by atoms with Gasteiger partial charge in [-0.05, 0) is 43.2 Å². The van der Waals surface area contributed by atoms with Crippen molar-refractivity contribution in [3.05, 3.63) is 48.1 Å². The third-order valence-corrected chi connectivity index (χ3v) is 6.73. The first-order valence-electron chi connectivity index (χ1n) is 10.7. The zero-order valence-electron chi connectivity index (χ0n) is 17.3. The van der Waals surface area contributed by atoms with Gasteiger partial charge in [-0.3, -0.25) is 0 Å². The van der Waals surface area contributed by atoms with E-state index in [9.17, 15) is 0 Å².